The first-order chi connectivity index (χ1) is 6.75. The molecule has 0 amide bonds. The minimum absolute atomic E-state index is 0.0260. The molecule has 0 saturated carbocycles. The molecule has 0 aliphatic heterocycles. The van der Waals surface area contributed by atoms with E-state index in [1.807, 2.05) is 0 Å². The fourth-order valence-electron chi connectivity index (χ4n) is 1.13. The van der Waals surface area contributed by atoms with E-state index >= 15 is 0 Å². The fourth-order valence-corrected chi connectivity index (χ4v) is 2.57. The van der Waals surface area contributed by atoms with Gasteiger partial charge in [-0.2, -0.15) is 4.39 Å². The Hall–Kier alpha value is -1.21. The van der Waals surface area contributed by atoms with Gasteiger partial charge >= 0.3 is 5.69 Å². The maximum Gasteiger partial charge on any atom is 0.324 e. The maximum atomic E-state index is 13.0. The fraction of sp³-hybridized carbons (Fsp3) is 0.143. The summed E-state index contributed by atoms with van der Waals surface area (Å²) in [5.41, 5.74) is -1.09. The van der Waals surface area contributed by atoms with Crippen molar-refractivity contribution in [2.45, 2.75) is 11.8 Å². The summed E-state index contributed by atoms with van der Waals surface area (Å²) in [6.45, 7) is 1.29. The first-order valence-electron chi connectivity index (χ1n) is 3.63. The van der Waals surface area contributed by atoms with Crippen LogP contribution in [0.3, 0.4) is 0 Å². The molecular formula is C7H5ClFNO4S. The highest BCUT2D eigenvalue weighted by Gasteiger charge is 2.30. The minimum atomic E-state index is -4.34. The van der Waals surface area contributed by atoms with Gasteiger partial charge in [0.25, 0.3) is 9.05 Å². The Bertz CT molecular complexity index is 528. The number of nitrogens with zero attached hydrogens (tertiary/aromatic N) is 1. The molecule has 0 aromatic heterocycles. The van der Waals surface area contributed by atoms with Gasteiger partial charge in [0.1, 0.15) is 0 Å². The van der Waals surface area contributed by atoms with Crippen LogP contribution >= 0.6 is 10.7 Å². The second kappa shape index (κ2) is 3.74. The van der Waals surface area contributed by atoms with E-state index in [2.05, 4.69) is 0 Å². The lowest BCUT2D eigenvalue weighted by Gasteiger charge is -2.03. The molecule has 0 aliphatic carbocycles. The Labute approximate surface area is 89.0 Å². The van der Waals surface area contributed by atoms with Crippen LogP contribution in [0.4, 0.5) is 10.1 Å². The van der Waals surface area contributed by atoms with Gasteiger partial charge in [-0.15, -0.1) is 0 Å². The van der Waals surface area contributed by atoms with Gasteiger partial charge in [0.05, 0.1) is 4.92 Å². The van der Waals surface area contributed by atoms with Crippen molar-refractivity contribution in [2.75, 3.05) is 0 Å². The van der Waals surface area contributed by atoms with Gasteiger partial charge in [0, 0.05) is 10.7 Å². The van der Waals surface area contributed by atoms with E-state index in [1.54, 1.807) is 0 Å². The standard InChI is InChI=1S/C7H5ClFNO4S/c1-4-2-3-5(9)6(10(11)12)7(4)15(8,13)14/h2-3H,1H3. The van der Waals surface area contributed by atoms with E-state index in [4.69, 9.17) is 10.7 Å². The van der Waals surface area contributed by atoms with Crippen molar-refractivity contribution < 1.29 is 17.7 Å². The van der Waals surface area contributed by atoms with E-state index in [-0.39, 0.29) is 5.56 Å². The van der Waals surface area contributed by atoms with Crippen molar-refractivity contribution in [3.05, 3.63) is 33.6 Å². The highest BCUT2D eigenvalue weighted by atomic mass is 35.7. The zero-order valence-electron chi connectivity index (χ0n) is 7.40. The van der Waals surface area contributed by atoms with Crippen LogP contribution in [0.1, 0.15) is 5.56 Å². The van der Waals surface area contributed by atoms with E-state index in [1.165, 1.54) is 6.92 Å². The van der Waals surface area contributed by atoms with E-state index in [0.717, 1.165) is 12.1 Å². The quantitative estimate of drug-likeness (QED) is 0.459. The number of hydrogen-bond donors (Lipinski definition) is 0. The Balaban J connectivity index is 3.76. The molecule has 0 aliphatic rings. The molecule has 0 atom stereocenters. The van der Waals surface area contributed by atoms with E-state index in [0.29, 0.717) is 0 Å². The summed E-state index contributed by atoms with van der Waals surface area (Å²) >= 11 is 0. The second-order valence-electron chi connectivity index (χ2n) is 2.74. The van der Waals surface area contributed by atoms with Gasteiger partial charge in [-0.25, -0.2) is 8.42 Å². The lowest BCUT2D eigenvalue weighted by atomic mass is 10.2. The molecule has 5 nitrogen and oxygen atoms in total. The van der Waals surface area contributed by atoms with E-state index < -0.39 is 30.4 Å². The molecule has 1 aromatic carbocycles. The summed E-state index contributed by atoms with van der Waals surface area (Å²) in [7, 11) is 0.645. The van der Waals surface area contributed by atoms with Gasteiger partial charge in [-0.05, 0) is 18.6 Å². The number of benzene rings is 1. The molecule has 1 rings (SSSR count). The van der Waals surface area contributed by atoms with Gasteiger partial charge in [0.2, 0.25) is 5.82 Å². The number of aryl methyl sites for hydroxylation is 1. The zero-order chi connectivity index (χ0) is 11.8. The molecule has 15 heavy (non-hydrogen) atoms. The molecule has 0 saturated heterocycles. The first-order valence-corrected chi connectivity index (χ1v) is 5.94. The monoisotopic (exact) mass is 253 g/mol. The highest BCUT2D eigenvalue weighted by molar-refractivity contribution is 8.13. The smallest absolute Gasteiger partial charge is 0.258 e. The molecular weight excluding hydrogens is 249 g/mol. The van der Waals surface area contributed by atoms with Crippen molar-refractivity contribution in [3.8, 4) is 0 Å². The second-order valence-corrected chi connectivity index (χ2v) is 5.24. The molecule has 82 valence electrons. The summed E-state index contributed by atoms with van der Waals surface area (Å²) < 4.78 is 35.1. The van der Waals surface area contributed by atoms with Crippen LogP contribution in [0.25, 0.3) is 0 Å². The van der Waals surface area contributed by atoms with E-state index in [9.17, 15) is 22.9 Å². The summed E-state index contributed by atoms with van der Waals surface area (Å²) in [6, 6.07) is 1.93. The topological polar surface area (TPSA) is 77.3 Å². The molecule has 8 heteroatoms. The summed E-state index contributed by atoms with van der Waals surface area (Å²) in [5, 5.41) is 10.5. The van der Waals surface area contributed by atoms with Crippen molar-refractivity contribution in [1.29, 1.82) is 0 Å². The lowest BCUT2D eigenvalue weighted by Crippen LogP contribution is -2.03. The first kappa shape index (κ1) is 11.9. The number of rotatable bonds is 2. The highest BCUT2D eigenvalue weighted by Crippen LogP contribution is 2.32. The molecule has 0 N–H and O–H groups in total. The molecule has 1 aromatic rings. The van der Waals surface area contributed by atoms with Crippen molar-refractivity contribution in [2.24, 2.45) is 0 Å². The predicted octanol–water partition coefficient (Wildman–Crippen LogP) is 1.97. The van der Waals surface area contributed by atoms with Crippen LogP contribution in [-0.4, -0.2) is 13.3 Å². The van der Waals surface area contributed by atoms with Crippen LogP contribution in [-0.2, 0) is 9.05 Å². The van der Waals surface area contributed by atoms with Crippen LogP contribution < -0.4 is 0 Å². The number of nitro benzene ring substituents is 1. The molecule has 0 spiro atoms. The molecule has 0 bridgehead atoms. The lowest BCUT2D eigenvalue weighted by molar-refractivity contribution is -0.390. The van der Waals surface area contributed by atoms with Crippen LogP contribution in [0, 0.1) is 22.9 Å². The Morgan fingerprint density at radius 3 is 2.33 bits per heavy atom. The van der Waals surface area contributed by atoms with Crippen LogP contribution in [0.2, 0.25) is 0 Å². The molecule has 0 radical (unpaired) electrons. The largest absolute Gasteiger partial charge is 0.324 e. The Morgan fingerprint density at radius 1 is 1.47 bits per heavy atom. The third-order valence-corrected chi connectivity index (χ3v) is 3.17. The predicted molar refractivity (Wildman–Crippen MR) is 50.8 cm³/mol. The normalized spacial score (nSPS) is 11.4. The van der Waals surface area contributed by atoms with Gasteiger partial charge in [-0.1, -0.05) is 6.07 Å². The number of hydrogen-bond acceptors (Lipinski definition) is 4. The molecule has 0 heterocycles. The van der Waals surface area contributed by atoms with Crippen LogP contribution in [0.5, 0.6) is 0 Å². The maximum absolute atomic E-state index is 13.0. The summed E-state index contributed by atoms with van der Waals surface area (Å²) in [4.78, 5) is 8.57. The number of nitro groups is 1. The van der Waals surface area contributed by atoms with Gasteiger partial charge < -0.3 is 0 Å². The van der Waals surface area contributed by atoms with Gasteiger partial charge in [0.15, 0.2) is 4.90 Å². The minimum Gasteiger partial charge on any atom is -0.258 e. The number of halogens is 2. The molecule has 0 unspecified atom stereocenters. The third-order valence-electron chi connectivity index (χ3n) is 1.71. The van der Waals surface area contributed by atoms with Gasteiger partial charge in [-0.3, -0.25) is 10.1 Å². The summed E-state index contributed by atoms with van der Waals surface area (Å²) in [5.74, 6) is -1.23. The Morgan fingerprint density at radius 2 is 2.00 bits per heavy atom. The molecule has 0 fully saturated rings. The summed E-state index contributed by atoms with van der Waals surface area (Å²) in [6.07, 6.45) is 0. The van der Waals surface area contributed by atoms with Crippen molar-refractivity contribution in [3.63, 3.8) is 0 Å². The van der Waals surface area contributed by atoms with Crippen molar-refractivity contribution >= 4 is 25.4 Å². The van der Waals surface area contributed by atoms with Crippen LogP contribution in [0.15, 0.2) is 17.0 Å². The average molecular weight is 254 g/mol. The van der Waals surface area contributed by atoms with Crippen molar-refractivity contribution in [1.82, 2.24) is 0 Å². The SMILES string of the molecule is Cc1ccc(F)c([N+](=O)[O-])c1S(=O)(=O)Cl. The average Bonchev–Trinajstić information content (AvgIpc) is 2.05. The Kier molecular flexibility index (Phi) is 2.96. The third kappa shape index (κ3) is 2.24. The zero-order valence-corrected chi connectivity index (χ0v) is 8.97.